The maximum Gasteiger partial charge on any atom is 0.272 e. The highest BCUT2D eigenvalue weighted by molar-refractivity contribution is 6.04. The van der Waals surface area contributed by atoms with Crippen LogP contribution in [0.25, 0.3) is 0 Å². The van der Waals surface area contributed by atoms with E-state index in [1.54, 1.807) is 13.0 Å². The van der Waals surface area contributed by atoms with Crippen LogP contribution in [0.1, 0.15) is 15.9 Å². The summed E-state index contributed by atoms with van der Waals surface area (Å²) >= 11 is 0. The third-order valence-corrected chi connectivity index (χ3v) is 2.82. The van der Waals surface area contributed by atoms with Gasteiger partial charge in [0.05, 0.1) is 4.92 Å². The zero-order chi connectivity index (χ0) is 15.4. The number of rotatable bonds is 4. The van der Waals surface area contributed by atoms with Crippen LogP contribution in [-0.4, -0.2) is 15.8 Å². The molecule has 0 radical (unpaired) electrons. The maximum absolute atomic E-state index is 12.1. The van der Waals surface area contributed by atoms with Crippen LogP contribution in [0.4, 0.5) is 17.2 Å². The number of benzene rings is 1. The van der Waals surface area contributed by atoms with E-state index in [4.69, 9.17) is 5.84 Å². The molecular weight excluding hydrogens is 274 g/mol. The number of nitrogens with one attached hydrogen (secondary N) is 2. The molecule has 108 valence electrons. The number of hydrogen-bond acceptors (Lipinski definition) is 6. The van der Waals surface area contributed by atoms with E-state index in [1.165, 1.54) is 30.5 Å². The molecule has 21 heavy (non-hydrogen) atoms. The van der Waals surface area contributed by atoms with Crippen LogP contribution in [-0.2, 0) is 0 Å². The van der Waals surface area contributed by atoms with Gasteiger partial charge in [0.2, 0.25) is 0 Å². The van der Waals surface area contributed by atoms with Crippen molar-refractivity contribution in [3.63, 3.8) is 0 Å². The van der Waals surface area contributed by atoms with Crippen molar-refractivity contribution in [1.82, 2.24) is 4.98 Å². The minimum atomic E-state index is -0.469. The molecule has 0 spiro atoms. The lowest BCUT2D eigenvalue weighted by Crippen LogP contribution is -2.14. The largest absolute Gasteiger partial charge is 0.322 e. The SMILES string of the molecule is Cc1cc(NC(=O)c2ccnc(NN)c2)ccc1[N+](=O)[O-]. The Morgan fingerprint density at radius 2 is 2.10 bits per heavy atom. The van der Waals surface area contributed by atoms with Crippen LogP contribution in [0, 0.1) is 17.0 Å². The number of aryl methyl sites for hydroxylation is 1. The van der Waals surface area contributed by atoms with Crippen molar-refractivity contribution in [2.75, 3.05) is 10.7 Å². The first-order chi connectivity index (χ1) is 10.0. The van der Waals surface area contributed by atoms with Crippen LogP contribution < -0.4 is 16.6 Å². The molecule has 0 fully saturated rings. The number of nitrogen functional groups attached to an aromatic ring is 1. The summed E-state index contributed by atoms with van der Waals surface area (Å²) in [5.41, 5.74) is 3.67. The van der Waals surface area contributed by atoms with E-state index in [9.17, 15) is 14.9 Å². The predicted octanol–water partition coefficient (Wildman–Crippen LogP) is 1.84. The van der Waals surface area contributed by atoms with Crippen LogP contribution >= 0.6 is 0 Å². The van der Waals surface area contributed by atoms with Gasteiger partial charge in [0.25, 0.3) is 11.6 Å². The second-order valence-corrected chi connectivity index (χ2v) is 4.29. The molecule has 2 rings (SSSR count). The number of nitro benzene ring substituents is 1. The highest BCUT2D eigenvalue weighted by Crippen LogP contribution is 2.22. The molecule has 1 amide bonds. The van der Waals surface area contributed by atoms with Crippen molar-refractivity contribution in [3.05, 3.63) is 57.8 Å². The quantitative estimate of drug-likeness (QED) is 0.448. The van der Waals surface area contributed by atoms with Crippen molar-refractivity contribution < 1.29 is 9.72 Å². The average molecular weight is 287 g/mol. The molecule has 0 aliphatic heterocycles. The van der Waals surface area contributed by atoms with Crippen LogP contribution in [0.5, 0.6) is 0 Å². The minimum Gasteiger partial charge on any atom is -0.322 e. The third kappa shape index (κ3) is 3.31. The van der Waals surface area contributed by atoms with Gasteiger partial charge in [-0.05, 0) is 31.2 Å². The molecule has 0 saturated heterocycles. The van der Waals surface area contributed by atoms with Gasteiger partial charge in [-0.2, -0.15) is 0 Å². The Kier molecular flexibility index (Phi) is 4.10. The Morgan fingerprint density at radius 1 is 1.33 bits per heavy atom. The van der Waals surface area contributed by atoms with Gasteiger partial charge in [-0.25, -0.2) is 10.8 Å². The average Bonchev–Trinajstić information content (AvgIpc) is 2.47. The van der Waals surface area contributed by atoms with E-state index in [-0.39, 0.29) is 11.6 Å². The predicted molar refractivity (Wildman–Crippen MR) is 77.8 cm³/mol. The molecule has 0 atom stereocenters. The van der Waals surface area contributed by atoms with E-state index >= 15 is 0 Å². The number of nitro groups is 1. The second-order valence-electron chi connectivity index (χ2n) is 4.29. The Morgan fingerprint density at radius 3 is 2.71 bits per heavy atom. The molecular formula is C13H13N5O3. The lowest BCUT2D eigenvalue weighted by molar-refractivity contribution is -0.385. The maximum atomic E-state index is 12.1. The number of anilines is 2. The number of nitrogens with two attached hydrogens (primary N) is 1. The molecule has 0 unspecified atom stereocenters. The van der Waals surface area contributed by atoms with Crippen molar-refractivity contribution in [2.24, 2.45) is 5.84 Å². The van der Waals surface area contributed by atoms with Gasteiger partial charge < -0.3 is 10.7 Å². The summed E-state index contributed by atoms with van der Waals surface area (Å²) in [4.78, 5) is 26.2. The number of hydrazine groups is 1. The Hall–Kier alpha value is -3.00. The zero-order valence-corrected chi connectivity index (χ0v) is 11.2. The minimum absolute atomic E-state index is 0.00604. The Balaban J connectivity index is 2.19. The number of amides is 1. The molecule has 0 bridgehead atoms. The lowest BCUT2D eigenvalue weighted by Gasteiger charge is -2.07. The van der Waals surface area contributed by atoms with E-state index in [1.807, 2.05) is 0 Å². The molecule has 0 aliphatic rings. The first-order valence-corrected chi connectivity index (χ1v) is 6.00. The normalized spacial score (nSPS) is 10.0. The molecule has 1 heterocycles. The highest BCUT2D eigenvalue weighted by Gasteiger charge is 2.12. The number of pyridine rings is 1. The standard InChI is InChI=1S/C13H13N5O3/c1-8-6-10(2-3-11(8)18(20)21)16-13(19)9-4-5-15-12(7-9)17-14/h2-7H,14H2,1H3,(H,15,17)(H,16,19). The fraction of sp³-hybridized carbons (Fsp3) is 0.0769. The molecule has 8 nitrogen and oxygen atoms in total. The van der Waals surface area contributed by atoms with Crippen molar-refractivity contribution >= 4 is 23.1 Å². The molecule has 1 aromatic carbocycles. The summed E-state index contributed by atoms with van der Waals surface area (Å²) in [6.45, 7) is 1.61. The number of nitrogens with zero attached hydrogens (tertiary/aromatic N) is 2. The van der Waals surface area contributed by atoms with Gasteiger partial charge in [0.15, 0.2) is 0 Å². The summed E-state index contributed by atoms with van der Waals surface area (Å²) in [6.07, 6.45) is 1.45. The first kappa shape index (κ1) is 14.4. The topological polar surface area (TPSA) is 123 Å². The number of carbonyl (C=O) groups excluding carboxylic acids is 1. The van der Waals surface area contributed by atoms with Gasteiger partial charge in [-0.15, -0.1) is 0 Å². The zero-order valence-electron chi connectivity index (χ0n) is 11.2. The fourth-order valence-corrected chi connectivity index (χ4v) is 1.79. The van der Waals surface area contributed by atoms with Gasteiger partial charge in [0.1, 0.15) is 5.82 Å². The van der Waals surface area contributed by atoms with E-state index in [2.05, 4.69) is 15.7 Å². The fourth-order valence-electron chi connectivity index (χ4n) is 1.79. The van der Waals surface area contributed by atoms with Crippen LogP contribution in [0.2, 0.25) is 0 Å². The molecule has 1 aromatic heterocycles. The van der Waals surface area contributed by atoms with Gasteiger partial charge in [0, 0.05) is 29.1 Å². The number of carbonyl (C=O) groups is 1. The smallest absolute Gasteiger partial charge is 0.272 e. The van der Waals surface area contributed by atoms with E-state index in [0.29, 0.717) is 22.6 Å². The first-order valence-electron chi connectivity index (χ1n) is 6.00. The van der Waals surface area contributed by atoms with Crippen molar-refractivity contribution in [3.8, 4) is 0 Å². The van der Waals surface area contributed by atoms with Gasteiger partial charge in [-0.3, -0.25) is 14.9 Å². The monoisotopic (exact) mass is 287 g/mol. The summed E-state index contributed by atoms with van der Waals surface area (Å²) < 4.78 is 0. The third-order valence-electron chi connectivity index (χ3n) is 2.82. The Labute approximate surface area is 120 Å². The molecule has 0 saturated carbocycles. The summed E-state index contributed by atoms with van der Waals surface area (Å²) in [5, 5.41) is 13.4. The summed E-state index contributed by atoms with van der Waals surface area (Å²) in [6, 6.07) is 7.40. The Bertz CT molecular complexity index is 702. The molecule has 0 aliphatic carbocycles. The van der Waals surface area contributed by atoms with E-state index < -0.39 is 4.92 Å². The molecule has 2 aromatic rings. The second kappa shape index (κ2) is 5.97. The highest BCUT2D eigenvalue weighted by atomic mass is 16.6. The number of hydrogen-bond donors (Lipinski definition) is 3. The van der Waals surface area contributed by atoms with Gasteiger partial charge in [-0.1, -0.05) is 0 Å². The number of aromatic nitrogens is 1. The van der Waals surface area contributed by atoms with Crippen LogP contribution in [0.3, 0.4) is 0 Å². The molecule has 4 N–H and O–H groups in total. The van der Waals surface area contributed by atoms with Gasteiger partial charge >= 0.3 is 0 Å². The molecule has 8 heteroatoms. The lowest BCUT2D eigenvalue weighted by atomic mass is 10.1. The van der Waals surface area contributed by atoms with Crippen LogP contribution in [0.15, 0.2) is 36.5 Å². The summed E-state index contributed by atoms with van der Waals surface area (Å²) in [7, 11) is 0. The van der Waals surface area contributed by atoms with Crippen molar-refractivity contribution in [1.29, 1.82) is 0 Å². The van der Waals surface area contributed by atoms with E-state index in [0.717, 1.165) is 0 Å². The van der Waals surface area contributed by atoms with Crippen molar-refractivity contribution in [2.45, 2.75) is 6.92 Å². The summed E-state index contributed by atoms with van der Waals surface area (Å²) in [5.74, 6) is 5.23.